The van der Waals surface area contributed by atoms with Gasteiger partial charge in [-0.2, -0.15) is 13.2 Å². The number of halogens is 3. The Balaban J connectivity index is 1.67. The first-order chi connectivity index (χ1) is 12.3. The van der Waals surface area contributed by atoms with E-state index in [0.717, 1.165) is 22.4 Å². The maximum absolute atomic E-state index is 12.4. The Morgan fingerprint density at radius 3 is 2.88 bits per heavy atom. The number of amides is 1. The second-order valence-corrected chi connectivity index (χ2v) is 7.20. The Morgan fingerprint density at radius 1 is 1.35 bits per heavy atom. The predicted molar refractivity (Wildman–Crippen MR) is 91.6 cm³/mol. The van der Waals surface area contributed by atoms with Crippen molar-refractivity contribution in [3.8, 4) is 5.75 Å². The number of carbonyl (C=O) groups excluding carboxylic acids is 1. The van der Waals surface area contributed by atoms with Gasteiger partial charge in [0.05, 0.1) is 18.1 Å². The van der Waals surface area contributed by atoms with Gasteiger partial charge in [0.25, 0.3) is 5.91 Å². The van der Waals surface area contributed by atoms with E-state index < -0.39 is 12.8 Å². The number of carbonyl (C=O) groups is 1. The Bertz CT molecular complexity index is 778. The Labute approximate surface area is 152 Å². The van der Waals surface area contributed by atoms with Crippen LogP contribution >= 0.6 is 11.3 Å². The highest BCUT2D eigenvalue weighted by atomic mass is 32.1. The van der Waals surface area contributed by atoms with E-state index in [2.05, 4.69) is 5.32 Å². The summed E-state index contributed by atoms with van der Waals surface area (Å²) in [6, 6.07) is 6.77. The Hall–Kier alpha value is -2.06. The van der Waals surface area contributed by atoms with E-state index in [1.54, 1.807) is 19.1 Å². The molecule has 2 aromatic rings. The van der Waals surface area contributed by atoms with Crippen LogP contribution in [0.4, 0.5) is 13.2 Å². The summed E-state index contributed by atoms with van der Waals surface area (Å²) >= 11 is 1.43. The normalized spacial score (nSPS) is 14.0. The van der Waals surface area contributed by atoms with E-state index in [9.17, 15) is 18.0 Å². The molecule has 26 heavy (non-hydrogen) atoms. The van der Waals surface area contributed by atoms with E-state index in [4.69, 9.17) is 9.47 Å². The number of aryl methyl sites for hydroxylation is 1. The average molecular weight is 385 g/mol. The van der Waals surface area contributed by atoms with Crippen LogP contribution < -0.4 is 10.1 Å². The van der Waals surface area contributed by atoms with E-state index in [1.165, 1.54) is 17.4 Å². The topological polar surface area (TPSA) is 47.6 Å². The summed E-state index contributed by atoms with van der Waals surface area (Å²) in [5, 5.41) is 2.75. The smallest absolute Gasteiger partial charge is 0.422 e. The summed E-state index contributed by atoms with van der Waals surface area (Å²) in [5.74, 6) is -0.131. The molecule has 2 heterocycles. The molecular formula is C18H18F3NO3S. The highest BCUT2D eigenvalue weighted by Gasteiger charge is 2.29. The molecule has 1 amide bonds. The van der Waals surface area contributed by atoms with Gasteiger partial charge in [-0.25, -0.2) is 0 Å². The zero-order valence-corrected chi connectivity index (χ0v) is 14.9. The molecule has 3 rings (SSSR count). The quantitative estimate of drug-likeness (QED) is 0.846. The van der Waals surface area contributed by atoms with Gasteiger partial charge >= 0.3 is 6.18 Å². The molecule has 8 heteroatoms. The van der Waals surface area contributed by atoms with Crippen molar-refractivity contribution in [2.75, 3.05) is 13.2 Å². The molecule has 140 valence electrons. The molecule has 0 fully saturated rings. The van der Waals surface area contributed by atoms with Crippen LogP contribution in [0.25, 0.3) is 0 Å². The van der Waals surface area contributed by atoms with Crippen molar-refractivity contribution in [3.63, 3.8) is 0 Å². The van der Waals surface area contributed by atoms with Gasteiger partial charge in [0.2, 0.25) is 0 Å². The summed E-state index contributed by atoms with van der Waals surface area (Å²) in [6.45, 7) is 1.64. The first kappa shape index (κ1) is 18.7. The van der Waals surface area contributed by atoms with Crippen LogP contribution in [0.5, 0.6) is 5.75 Å². The summed E-state index contributed by atoms with van der Waals surface area (Å²) in [7, 11) is 0. The molecule has 1 N–H and O–H groups in total. The Kier molecular flexibility index (Phi) is 5.52. The number of hydrogen-bond acceptors (Lipinski definition) is 4. The standard InChI is InChI=1S/C18H18F3NO3S/c1-11-2-3-12(14(6-11)25-10-18(19,20)21)8-22-17(23)16-7-13-9-24-5-4-15(13)26-16/h2-3,6-7H,4-5,8-10H2,1H3,(H,22,23). The van der Waals surface area contributed by atoms with Gasteiger partial charge in [-0.05, 0) is 30.2 Å². The highest BCUT2D eigenvalue weighted by molar-refractivity contribution is 7.14. The molecule has 0 bridgehead atoms. The fraction of sp³-hybridized carbons (Fsp3) is 0.389. The largest absolute Gasteiger partial charge is 0.484 e. The minimum atomic E-state index is -4.41. The van der Waals surface area contributed by atoms with Crippen molar-refractivity contribution in [3.05, 3.63) is 50.7 Å². The van der Waals surface area contributed by atoms with Crippen molar-refractivity contribution in [1.82, 2.24) is 5.32 Å². The molecule has 1 aromatic heterocycles. The maximum Gasteiger partial charge on any atom is 0.422 e. The van der Waals surface area contributed by atoms with Crippen LogP contribution in [0.2, 0.25) is 0 Å². The van der Waals surface area contributed by atoms with E-state index in [1.807, 2.05) is 6.07 Å². The van der Waals surface area contributed by atoms with Crippen LogP contribution in [0, 0.1) is 6.92 Å². The zero-order valence-electron chi connectivity index (χ0n) is 14.1. The number of ether oxygens (including phenoxy) is 2. The average Bonchev–Trinajstić information content (AvgIpc) is 3.02. The molecule has 0 aliphatic carbocycles. The maximum atomic E-state index is 12.4. The van der Waals surface area contributed by atoms with Crippen molar-refractivity contribution >= 4 is 17.2 Å². The summed E-state index contributed by atoms with van der Waals surface area (Å²) < 4.78 is 47.5. The first-order valence-corrected chi connectivity index (χ1v) is 8.90. The number of rotatable bonds is 5. The Morgan fingerprint density at radius 2 is 2.15 bits per heavy atom. The van der Waals surface area contributed by atoms with Crippen LogP contribution in [0.1, 0.15) is 31.2 Å². The second-order valence-electron chi connectivity index (χ2n) is 6.06. The third-order valence-corrected chi connectivity index (χ3v) is 5.14. The lowest BCUT2D eigenvalue weighted by atomic mass is 10.1. The van der Waals surface area contributed by atoms with Gasteiger partial charge in [-0.15, -0.1) is 11.3 Å². The SMILES string of the molecule is Cc1ccc(CNC(=O)c2cc3c(s2)CCOC3)c(OCC(F)(F)F)c1. The fourth-order valence-corrected chi connectivity index (χ4v) is 3.69. The lowest BCUT2D eigenvalue weighted by molar-refractivity contribution is -0.153. The lowest BCUT2D eigenvalue weighted by Crippen LogP contribution is -2.23. The third-order valence-electron chi connectivity index (χ3n) is 3.90. The molecular weight excluding hydrogens is 367 g/mol. The lowest BCUT2D eigenvalue weighted by Gasteiger charge is -2.14. The van der Waals surface area contributed by atoms with Gasteiger partial charge < -0.3 is 14.8 Å². The molecule has 0 radical (unpaired) electrons. The fourth-order valence-electron chi connectivity index (χ4n) is 2.62. The summed E-state index contributed by atoms with van der Waals surface area (Å²) in [6.07, 6.45) is -3.62. The minimum absolute atomic E-state index is 0.0887. The highest BCUT2D eigenvalue weighted by Crippen LogP contribution is 2.27. The molecule has 0 atom stereocenters. The van der Waals surface area contributed by atoms with E-state index in [-0.39, 0.29) is 18.2 Å². The molecule has 1 aliphatic heterocycles. The number of benzene rings is 1. The number of alkyl halides is 3. The van der Waals surface area contributed by atoms with E-state index in [0.29, 0.717) is 23.7 Å². The molecule has 0 spiro atoms. The van der Waals surface area contributed by atoms with Gasteiger partial charge in [0, 0.05) is 23.4 Å². The van der Waals surface area contributed by atoms with Gasteiger partial charge in [0.15, 0.2) is 6.61 Å². The van der Waals surface area contributed by atoms with Gasteiger partial charge in [-0.3, -0.25) is 4.79 Å². The molecule has 0 unspecified atom stereocenters. The molecule has 1 aliphatic rings. The van der Waals surface area contributed by atoms with Crippen LogP contribution in [0.15, 0.2) is 24.3 Å². The molecule has 1 aromatic carbocycles. The van der Waals surface area contributed by atoms with Gasteiger partial charge in [-0.1, -0.05) is 12.1 Å². The van der Waals surface area contributed by atoms with E-state index >= 15 is 0 Å². The van der Waals surface area contributed by atoms with Crippen LogP contribution in [-0.4, -0.2) is 25.3 Å². The number of fused-ring (bicyclic) bond motifs is 1. The molecule has 0 saturated heterocycles. The molecule has 0 saturated carbocycles. The number of nitrogens with one attached hydrogen (secondary N) is 1. The van der Waals surface area contributed by atoms with Crippen molar-refractivity contribution in [2.45, 2.75) is 32.7 Å². The summed E-state index contributed by atoms with van der Waals surface area (Å²) in [5.41, 5.74) is 2.30. The second kappa shape index (κ2) is 7.67. The van der Waals surface area contributed by atoms with Crippen LogP contribution in [-0.2, 0) is 24.3 Å². The monoisotopic (exact) mass is 385 g/mol. The van der Waals surface area contributed by atoms with Crippen molar-refractivity contribution < 1.29 is 27.4 Å². The van der Waals surface area contributed by atoms with Gasteiger partial charge in [0.1, 0.15) is 5.75 Å². The number of thiophene rings is 1. The molecule has 4 nitrogen and oxygen atoms in total. The summed E-state index contributed by atoms with van der Waals surface area (Å²) in [4.78, 5) is 14.1. The third kappa shape index (κ3) is 4.76. The van der Waals surface area contributed by atoms with Crippen molar-refractivity contribution in [2.24, 2.45) is 0 Å². The first-order valence-electron chi connectivity index (χ1n) is 8.08. The predicted octanol–water partition coefficient (Wildman–Crippen LogP) is 4.00. The minimum Gasteiger partial charge on any atom is -0.484 e. The zero-order chi connectivity index (χ0) is 18.7. The number of hydrogen-bond donors (Lipinski definition) is 1. The van der Waals surface area contributed by atoms with Crippen molar-refractivity contribution in [1.29, 1.82) is 0 Å². The van der Waals surface area contributed by atoms with Crippen LogP contribution in [0.3, 0.4) is 0 Å².